The molecule has 1 heterocycles. The molecule has 0 fully saturated rings. The molecule has 0 saturated heterocycles. The molecular formula is C19H20N2O6S. The average Bonchev–Trinajstić information content (AvgIpc) is 3.25. The van der Waals surface area contributed by atoms with Gasteiger partial charge in [-0.3, -0.25) is 9.59 Å². The number of rotatable bonds is 7. The van der Waals surface area contributed by atoms with Crippen molar-refractivity contribution in [3.05, 3.63) is 39.8 Å². The molecule has 1 aromatic carbocycles. The van der Waals surface area contributed by atoms with Gasteiger partial charge in [-0.25, -0.2) is 4.79 Å². The lowest BCUT2D eigenvalue weighted by Gasteiger charge is -2.12. The Balaban J connectivity index is 1.69. The first kappa shape index (κ1) is 19.7. The van der Waals surface area contributed by atoms with Gasteiger partial charge in [-0.05, 0) is 37.0 Å². The van der Waals surface area contributed by atoms with Gasteiger partial charge in [0.15, 0.2) is 6.61 Å². The second-order valence-electron chi connectivity index (χ2n) is 6.09. The summed E-state index contributed by atoms with van der Waals surface area (Å²) in [4.78, 5) is 37.5. The van der Waals surface area contributed by atoms with Crippen LogP contribution in [0.1, 0.15) is 37.6 Å². The summed E-state index contributed by atoms with van der Waals surface area (Å²) in [7, 11) is 2.83. The van der Waals surface area contributed by atoms with Gasteiger partial charge in [-0.1, -0.05) is 6.07 Å². The van der Waals surface area contributed by atoms with E-state index in [1.54, 1.807) is 18.2 Å². The number of carbonyl (C=O) groups is 3. The Kier molecular flexibility index (Phi) is 5.84. The SMILES string of the molecule is COc1cccc(OC)c1C(=O)OCC(=O)Nc1sc2c(c1C(N)=O)CCC2. The van der Waals surface area contributed by atoms with Crippen molar-refractivity contribution >= 4 is 34.1 Å². The number of amides is 2. The number of nitrogens with one attached hydrogen (secondary N) is 1. The molecule has 0 bridgehead atoms. The van der Waals surface area contributed by atoms with Crippen LogP contribution in [0.15, 0.2) is 18.2 Å². The van der Waals surface area contributed by atoms with Gasteiger partial charge < -0.3 is 25.3 Å². The van der Waals surface area contributed by atoms with Gasteiger partial charge in [-0.15, -0.1) is 11.3 Å². The first-order chi connectivity index (χ1) is 13.5. The molecular weight excluding hydrogens is 384 g/mol. The molecule has 8 nitrogen and oxygen atoms in total. The third kappa shape index (κ3) is 3.79. The Labute approximate surface area is 165 Å². The first-order valence-corrected chi connectivity index (χ1v) is 9.40. The summed E-state index contributed by atoms with van der Waals surface area (Å²) in [6.07, 6.45) is 2.59. The number of fused-ring (bicyclic) bond motifs is 1. The summed E-state index contributed by atoms with van der Waals surface area (Å²) in [6, 6.07) is 4.85. The highest BCUT2D eigenvalue weighted by Crippen LogP contribution is 2.38. The monoisotopic (exact) mass is 404 g/mol. The average molecular weight is 404 g/mol. The number of thiophene rings is 1. The van der Waals surface area contributed by atoms with Crippen LogP contribution in [0.2, 0.25) is 0 Å². The number of carbonyl (C=O) groups excluding carboxylic acids is 3. The number of ether oxygens (including phenoxy) is 3. The van der Waals surface area contributed by atoms with Crippen LogP contribution in [0.5, 0.6) is 11.5 Å². The molecule has 0 unspecified atom stereocenters. The van der Waals surface area contributed by atoms with Gasteiger partial charge in [0.2, 0.25) is 0 Å². The third-order valence-corrected chi connectivity index (χ3v) is 5.59. The van der Waals surface area contributed by atoms with Crippen molar-refractivity contribution < 1.29 is 28.6 Å². The summed E-state index contributed by atoms with van der Waals surface area (Å²) in [5, 5.41) is 3.02. The van der Waals surface area contributed by atoms with Crippen LogP contribution in [0.25, 0.3) is 0 Å². The number of esters is 1. The Morgan fingerprint density at radius 1 is 1.11 bits per heavy atom. The maximum atomic E-state index is 12.4. The van der Waals surface area contributed by atoms with Crippen molar-refractivity contribution in [3.8, 4) is 11.5 Å². The van der Waals surface area contributed by atoms with Gasteiger partial charge in [0.05, 0.1) is 19.8 Å². The van der Waals surface area contributed by atoms with Gasteiger partial charge in [-0.2, -0.15) is 0 Å². The fourth-order valence-electron chi connectivity index (χ4n) is 3.17. The summed E-state index contributed by atoms with van der Waals surface area (Å²) in [5.74, 6) is -1.35. The highest BCUT2D eigenvalue weighted by Gasteiger charge is 2.26. The molecule has 0 saturated carbocycles. The molecule has 1 aliphatic carbocycles. The largest absolute Gasteiger partial charge is 0.496 e. The van der Waals surface area contributed by atoms with Crippen molar-refractivity contribution in [1.82, 2.24) is 0 Å². The molecule has 0 atom stereocenters. The van der Waals surface area contributed by atoms with Crippen molar-refractivity contribution in [2.75, 3.05) is 26.1 Å². The van der Waals surface area contributed by atoms with E-state index in [4.69, 9.17) is 19.9 Å². The molecule has 2 aromatic rings. The number of hydrogen-bond acceptors (Lipinski definition) is 7. The molecule has 2 amide bonds. The molecule has 0 aliphatic heterocycles. The van der Waals surface area contributed by atoms with E-state index in [9.17, 15) is 14.4 Å². The lowest BCUT2D eigenvalue weighted by Crippen LogP contribution is -2.23. The van der Waals surface area contributed by atoms with E-state index in [-0.39, 0.29) is 17.1 Å². The van der Waals surface area contributed by atoms with Crippen molar-refractivity contribution in [3.63, 3.8) is 0 Å². The number of aryl methyl sites for hydroxylation is 1. The second kappa shape index (κ2) is 8.30. The Hall–Kier alpha value is -3.07. The van der Waals surface area contributed by atoms with E-state index in [2.05, 4.69) is 5.32 Å². The molecule has 9 heteroatoms. The lowest BCUT2D eigenvalue weighted by atomic mass is 10.1. The minimum Gasteiger partial charge on any atom is -0.496 e. The molecule has 1 aliphatic rings. The van der Waals surface area contributed by atoms with Crippen LogP contribution in [0.4, 0.5) is 5.00 Å². The topological polar surface area (TPSA) is 117 Å². The van der Waals surface area contributed by atoms with Crippen LogP contribution in [-0.2, 0) is 22.4 Å². The van der Waals surface area contributed by atoms with Crippen molar-refractivity contribution in [2.24, 2.45) is 5.73 Å². The van der Waals surface area contributed by atoms with E-state index in [0.717, 1.165) is 29.7 Å². The van der Waals surface area contributed by atoms with E-state index in [1.807, 2.05) is 0 Å². The zero-order valence-electron chi connectivity index (χ0n) is 15.5. The third-order valence-electron chi connectivity index (χ3n) is 4.39. The zero-order chi connectivity index (χ0) is 20.3. The summed E-state index contributed by atoms with van der Waals surface area (Å²) in [5.41, 5.74) is 6.82. The second-order valence-corrected chi connectivity index (χ2v) is 7.19. The summed E-state index contributed by atoms with van der Waals surface area (Å²) >= 11 is 1.33. The fraction of sp³-hybridized carbons (Fsp3) is 0.316. The predicted octanol–water partition coefficient (Wildman–Crippen LogP) is 2.15. The number of anilines is 1. The van der Waals surface area contributed by atoms with Gasteiger partial charge in [0.25, 0.3) is 11.8 Å². The predicted molar refractivity (Wildman–Crippen MR) is 103 cm³/mol. The number of benzene rings is 1. The summed E-state index contributed by atoms with van der Waals surface area (Å²) in [6.45, 7) is -0.527. The van der Waals surface area contributed by atoms with Crippen molar-refractivity contribution in [1.29, 1.82) is 0 Å². The molecule has 148 valence electrons. The molecule has 28 heavy (non-hydrogen) atoms. The molecule has 0 radical (unpaired) electrons. The molecule has 0 spiro atoms. The highest BCUT2D eigenvalue weighted by molar-refractivity contribution is 7.17. The maximum absolute atomic E-state index is 12.4. The van der Waals surface area contributed by atoms with E-state index >= 15 is 0 Å². The number of hydrogen-bond donors (Lipinski definition) is 2. The van der Waals surface area contributed by atoms with Gasteiger partial charge >= 0.3 is 5.97 Å². The Morgan fingerprint density at radius 3 is 2.39 bits per heavy atom. The van der Waals surface area contributed by atoms with Crippen LogP contribution in [0, 0.1) is 0 Å². The molecule has 1 aromatic heterocycles. The first-order valence-electron chi connectivity index (χ1n) is 8.58. The molecule has 3 N–H and O–H groups in total. The van der Waals surface area contributed by atoms with Crippen LogP contribution in [-0.4, -0.2) is 38.6 Å². The van der Waals surface area contributed by atoms with Crippen LogP contribution >= 0.6 is 11.3 Å². The normalized spacial score (nSPS) is 12.2. The highest BCUT2D eigenvalue weighted by atomic mass is 32.1. The van der Waals surface area contributed by atoms with Crippen molar-refractivity contribution in [2.45, 2.75) is 19.3 Å². The standard InChI is InChI=1S/C19H20N2O6S/c1-25-11-6-4-7-12(26-2)16(11)19(24)27-9-14(22)21-18-15(17(20)23)10-5-3-8-13(10)28-18/h4,6-7H,3,5,8-9H2,1-2H3,(H2,20,23)(H,21,22). The Bertz CT molecular complexity index is 914. The zero-order valence-corrected chi connectivity index (χ0v) is 16.3. The lowest BCUT2D eigenvalue weighted by molar-refractivity contribution is -0.119. The fourth-order valence-corrected chi connectivity index (χ4v) is 4.48. The van der Waals surface area contributed by atoms with Gasteiger partial charge in [0, 0.05) is 4.88 Å². The summed E-state index contributed by atoms with van der Waals surface area (Å²) < 4.78 is 15.4. The number of primary amides is 1. The number of methoxy groups -OCH3 is 2. The minimum absolute atomic E-state index is 0.0909. The van der Waals surface area contributed by atoms with Gasteiger partial charge in [0.1, 0.15) is 22.1 Å². The van der Waals surface area contributed by atoms with Crippen LogP contribution < -0.4 is 20.5 Å². The van der Waals surface area contributed by atoms with E-state index in [1.165, 1.54) is 25.6 Å². The van der Waals surface area contributed by atoms with E-state index in [0.29, 0.717) is 10.6 Å². The quantitative estimate of drug-likeness (QED) is 0.683. The molecule has 3 rings (SSSR count). The van der Waals surface area contributed by atoms with Crippen LogP contribution in [0.3, 0.4) is 0 Å². The number of nitrogens with two attached hydrogens (primary N) is 1. The smallest absolute Gasteiger partial charge is 0.346 e. The Morgan fingerprint density at radius 2 is 1.79 bits per heavy atom. The van der Waals surface area contributed by atoms with E-state index < -0.39 is 24.4 Å². The maximum Gasteiger partial charge on any atom is 0.346 e. The minimum atomic E-state index is -0.756.